The smallest absolute Gasteiger partial charge is 0.265 e. The SMILES string of the molecule is Cc1ccc(NS(=O)(=O)c2cnccc2N)cc1N(C)C. The Labute approximate surface area is 124 Å². The zero-order valence-corrected chi connectivity index (χ0v) is 13.0. The molecule has 0 aliphatic carbocycles. The molecule has 0 saturated heterocycles. The maximum Gasteiger partial charge on any atom is 0.265 e. The third kappa shape index (κ3) is 3.25. The first-order valence-corrected chi connectivity index (χ1v) is 7.80. The Balaban J connectivity index is 2.38. The molecule has 0 bridgehead atoms. The van der Waals surface area contributed by atoms with Gasteiger partial charge in [-0.3, -0.25) is 9.71 Å². The Morgan fingerprint density at radius 2 is 1.95 bits per heavy atom. The predicted molar refractivity (Wildman–Crippen MR) is 85.0 cm³/mol. The normalized spacial score (nSPS) is 11.2. The van der Waals surface area contributed by atoms with Crippen LogP contribution in [0.5, 0.6) is 0 Å². The van der Waals surface area contributed by atoms with E-state index in [-0.39, 0.29) is 10.6 Å². The lowest BCUT2D eigenvalue weighted by atomic mass is 10.2. The van der Waals surface area contributed by atoms with Crippen LogP contribution in [0.2, 0.25) is 0 Å². The van der Waals surface area contributed by atoms with Crippen molar-refractivity contribution in [2.45, 2.75) is 11.8 Å². The van der Waals surface area contributed by atoms with Crippen molar-refractivity contribution in [2.24, 2.45) is 0 Å². The molecular formula is C14H18N4O2S. The quantitative estimate of drug-likeness (QED) is 0.900. The second kappa shape index (κ2) is 5.61. The molecule has 112 valence electrons. The summed E-state index contributed by atoms with van der Waals surface area (Å²) in [6, 6.07) is 6.81. The fraction of sp³-hybridized carbons (Fsp3) is 0.214. The van der Waals surface area contributed by atoms with E-state index >= 15 is 0 Å². The van der Waals surface area contributed by atoms with Crippen molar-refractivity contribution in [3.05, 3.63) is 42.2 Å². The first-order chi connectivity index (χ1) is 9.81. The zero-order chi connectivity index (χ0) is 15.6. The van der Waals surface area contributed by atoms with Crippen LogP contribution < -0.4 is 15.4 Å². The first-order valence-electron chi connectivity index (χ1n) is 6.31. The fourth-order valence-corrected chi connectivity index (χ4v) is 3.11. The second-order valence-electron chi connectivity index (χ2n) is 4.91. The molecule has 6 nitrogen and oxygen atoms in total. The van der Waals surface area contributed by atoms with E-state index in [1.807, 2.05) is 32.0 Å². The molecule has 0 aliphatic heterocycles. The number of aromatic nitrogens is 1. The van der Waals surface area contributed by atoms with Crippen LogP contribution in [-0.2, 0) is 10.0 Å². The molecule has 0 unspecified atom stereocenters. The summed E-state index contributed by atoms with van der Waals surface area (Å²) in [6.07, 6.45) is 2.68. The van der Waals surface area contributed by atoms with Gasteiger partial charge < -0.3 is 10.6 Å². The maximum atomic E-state index is 12.3. The number of benzene rings is 1. The van der Waals surface area contributed by atoms with Crippen molar-refractivity contribution < 1.29 is 8.42 Å². The lowest BCUT2D eigenvalue weighted by molar-refractivity contribution is 0.601. The molecule has 3 N–H and O–H groups in total. The van der Waals surface area contributed by atoms with Crippen molar-refractivity contribution >= 4 is 27.1 Å². The average Bonchev–Trinajstić information content (AvgIpc) is 2.40. The van der Waals surface area contributed by atoms with Crippen LogP contribution in [0.15, 0.2) is 41.6 Å². The molecule has 2 aromatic rings. The summed E-state index contributed by atoms with van der Waals surface area (Å²) in [5.41, 5.74) is 8.34. The van der Waals surface area contributed by atoms with Crippen LogP contribution in [0, 0.1) is 6.92 Å². The Kier molecular flexibility index (Phi) is 4.04. The number of sulfonamides is 1. The van der Waals surface area contributed by atoms with Crippen molar-refractivity contribution in [1.29, 1.82) is 0 Å². The van der Waals surface area contributed by atoms with E-state index < -0.39 is 10.0 Å². The molecule has 1 aromatic heterocycles. The minimum atomic E-state index is -3.76. The maximum absolute atomic E-state index is 12.3. The van der Waals surface area contributed by atoms with Crippen LogP contribution in [0.1, 0.15) is 5.56 Å². The van der Waals surface area contributed by atoms with Crippen LogP contribution in [-0.4, -0.2) is 27.5 Å². The Morgan fingerprint density at radius 3 is 2.57 bits per heavy atom. The summed E-state index contributed by atoms with van der Waals surface area (Å²) in [5, 5.41) is 0. The Morgan fingerprint density at radius 1 is 1.24 bits per heavy atom. The summed E-state index contributed by atoms with van der Waals surface area (Å²) < 4.78 is 27.2. The molecule has 0 atom stereocenters. The van der Waals surface area contributed by atoms with E-state index in [4.69, 9.17) is 5.73 Å². The highest BCUT2D eigenvalue weighted by atomic mass is 32.2. The molecular weight excluding hydrogens is 288 g/mol. The van der Waals surface area contributed by atoms with Crippen molar-refractivity contribution in [3.63, 3.8) is 0 Å². The number of anilines is 3. The van der Waals surface area contributed by atoms with Crippen LogP contribution >= 0.6 is 0 Å². The van der Waals surface area contributed by atoms with Crippen LogP contribution in [0.4, 0.5) is 17.1 Å². The molecule has 0 spiro atoms. The van der Waals surface area contributed by atoms with Gasteiger partial charge in [0, 0.05) is 32.2 Å². The molecule has 0 amide bonds. The molecule has 1 heterocycles. The number of aryl methyl sites for hydroxylation is 1. The van der Waals surface area contributed by atoms with Gasteiger partial charge in [-0.1, -0.05) is 6.07 Å². The summed E-state index contributed by atoms with van der Waals surface area (Å²) in [5.74, 6) is 0. The van der Waals surface area contributed by atoms with Crippen molar-refractivity contribution in [3.8, 4) is 0 Å². The number of hydrogen-bond donors (Lipinski definition) is 2. The largest absolute Gasteiger partial charge is 0.398 e. The number of hydrogen-bond acceptors (Lipinski definition) is 5. The van der Waals surface area contributed by atoms with E-state index in [2.05, 4.69) is 9.71 Å². The van der Waals surface area contributed by atoms with Crippen molar-refractivity contribution in [1.82, 2.24) is 4.98 Å². The molecule has 1 aromatic carbocycles. The summed E-state index contributed by atoms with van der Waals surface area (Å²) in [6.45, 7) is 1.96. The molecule has 0 aliphatic rings. The van der Waals surface area contributed by atoms with Gasteiger partial charge >= 0.3 is 0 Å². The highest BCUT2D eigenvalue weighted by molar-refractivity contribution is 7.92. The van der Waals surface area contributed by atoms with Crippen LogP contribution in [0.3, 0.4) is 0 Å². The van der Waals surface area contributed by atoms with Crippen LogP contribution in [0.25, 0.3) is 0 Å². The van der Waals surface area contributed by atoms with E-state index in [1.165, 1.54) is 18.5 Å². The Bertz CT molecular complexity index is 757. The monoisotopic (exact) mass is 306 g/mol. The van der Waals surface area contributed by atoms with Gasteiger partial charge in [0.05, 0.1) is 11.4 Å². The minimum Gasteiger partial charge on any atom is -0.398 e. The predicted octanol–water partition coefficient (Wildman–Crippen LogP) is 1.84. The van der Waals surface area contributed by atoms with Gasteiger partial charge in [-0.05, 0) is 30.7 Å². The topological polar surface area (TPSA) is 88.3 Å². The molecule has 2 rings (SSSR count). The third-order valence-corrected chi connectivity index (χ3v) is 4.47. The van der Waals surface area contributed by atoms with E-state index in [0.717, 1.165) is 11.3 Å². The molecule has 0 radical (unpaired) electrons. The lowest BCUT2D eigenvalue weighted by Gasteiger charge is -2.17. The third-order valence-electron chi connectivity index (χ3n) is 3.05. The Hall–Kier alpha value is -2.28. The highest BCUT2D eigenvalue weighted by Gasteiger charge is 2.18. The molecule has 0 fully saturated rings. The second-order valence-corrected chi connectivity index (χ2v) is 6.57. The number of nitrogens with zero attached hydrogens (tertiary/aromatic N) is 2. The highest BCUT2D eigenvalue weighted by Crippen LogP contribution is 2.25. The summed E-state index contributed by atoms with van der Waals surface area (Å²) in [7, 11) is 0.0497. The lowest BCUT2D eigenvalue weighted by Crippen LogP contribution is -2.16. The van der Waals surface area contributed by atoms with Gasteiger partial charge in [-0.15, -0.1) is 0 Å². The number of nitrogens with two attached hydrogens (primary N) is 1. The number of nitrogens with one attached hydrogen (secondary N) is 1. The van der Waals surface area contributed by atoms with Gasteiger partial charge in [-0.2, -0.15) is 0 Å². The van der Waals surface area contributed by atoms with E-state index in [0.29, 0.717) is 5.69 Å². The first kappa shape index (κ1) is 15.1. The molecule has 0 saturated carbocycles. The van der Waals surface area contributed by atoms with E-state index in [1.54, 1.807) is 12.1 Å². The number of rotatable bonds is 4. The standard InChI is InChI=1S/C14H18N4O2S/c1-10-4-5-11(8-13(10)18(2)3)17-21(19,20)14-9-16-7-6-12(14)15/h4-9,17H,1-3H3,(H2,15,16). The molecule has 7 heteroatoms. The van der Waals surface area contributed by atoms with Gasteiger partial charge in [0.25, 0.3) is 10.0 Å². The molecule has 21 heavy (non-hydrogen) atoms. The summed E-state index contributed by atoms with van der Waals surface area (Å²) in [4.78, 5) is 5.70. The van der Waals surface area contributed by atoms with Gasteiger partial charge in [0.2, 0.25) is 0 Å². The van der Waals surface area contributed by atoms with Crippen molar-refractivity contribution in [2.75, 3.05) is 29.5 Å². The minimum absolute atomic E-state index is 0.0306. The number of pyridine rings is 1. The average molecular weight is 306 g/mol. The van der Waals surface area contributed by atoms with Gasteiger partial charge in [0.15, 0.2) is 0 Å². The van der Waals surface area contributed by atoms with E-state index in [9.17, 15) is 8.42 Å². The number of nitrogen functional groups attached to an aromatic ring is 1. The van der Waals surface area contributed by atoms with Gasteiger partial charge in [0.1, 0.15) is 4.90 Å². The zero-order valence-electron chi connectivity index (χ0n) is 12.2. The summed E-state index contributed by atoms with van der Waals surface area (Å²) >= 11 is 0. The fourth-order valence-electron chi connectivity index (χ4n) is 1.98. The van der Waals surface area contributed by atoms with Gasteiger partial charge in [-0.25, -0.2) is 8.42 Å².